The van der Waals surface area contributed by atoms with Crippen LogP contribution in [0.25, 0.3) is 0 Å². The first kappa shape index (κ1) is 31.2. The van der Waals surface area contributed by atoms with Gasteiger partial charge < -0.3 is 25.2 Å². The summed E-state index contributed by atoms with van der Waals surface area (Å²) in [6.07, 6.45) is 4.12. The second-order valence-electron chi connectivity index (χ2n) is 12.1. The molecule has 1 aliphatic heterocycles. The number of rotatable bonds is 8. The number of carbonyl (C=O) groups is 2. The number of carbonyl (C=O) groups excluding carboxylic acids is 2. The number of aliphatic hydroxyl groups excluding tert-OH is 1. The van der Waals surface area contributed by atoms with Gasteiger partial charge in [-0.3, -0.25) is 14.6 Å². The number of benzene rings is 2. The van der Waals surface area contributed by atoms with Crippen molar-refractivity contribution in [3.8, 4) is 11.5 Å². The van der Waals surface area contributed by atoms with Crippen LogP contribution in [0.3, 0.4) is 0 Å². The molecule has 2 heterocycles. The van der Waals surface area contributed by atoms with Crippen molar-refractivity contribution in [2.75, 3.05) is 19.8 Å². The van der Waals surface area contributed by atoms with Crippen molar-refractivity contribution < 1.29 is 24.2 Å². The Balaban J connectivity index is 1.54. The molecule has 3 aromatic rings. The number of ketones is 1. The minimum atomic E-state index is -0.869. The van der Waals surface area contributed by atoms with E-state index in [2.05, 4.69) is 54.6 Å². The molecule has 0 radical (unpaired) electrons. The van der Waals surface area contributed by atoms with Gasteiger partial charge in [0.05, 0.1) is 24.4 Å². The molecule has 0 unspecified atom stereocenters. The van der Waals surface area contributed by atoms with Gasteiger partial charge in [0, 0.05) is 30.9 Å². The summed E-state index contributed by atoms with van der Waals surface area (Å²) in [6, 6.07) is 16.8. The summed E-state index contributed by atoms with van der Waals surface area (Å²) in [5.74, 6) is 0.402. The number of aromatic nitrogens is 1. The largest absolute Gasteiger partial charge is 0.493 e. The lowest BCUT2D eigenvalue weighted by Crippen LogP contribution is -2.48. The van der Waals surface area contributed by atoms with Gasteiger partial charge in [-0.25, -0.2) is 0 Å². The van der Waals surface area contributed by atoms with Crippen molar-refractivity contribution >= 4 is 11.7 Å². The lowest BCUT2D eigenvalue weighted by molar-refractivity contribution is -0.118. The molecule has 0 fully saturated rings. The molecule has 0 saturated carbocycles. The molecule has 2 atom stereocenters. The highest BCUT2D eigenvalue weighted by Gasteiger charge is 2.24. The highest BCUT2D eigenvalue weighted by Crippen LogP contribution is 2.25. The van der Waals surface area contributed by atoms with Gasteiger partial charge in [-0.2, -0.15) is 0 Å². The Morgan fingerprint density at radius 2 is 1.95 bits per heavy atom. The third kappa shape index (κ3) is 9.39. The van der Waals surface area contributed by atoms with E-state index in [9.17, 15) is 14.7 Å². The summed E-state index contributed by atoms with van der Waals surface area (Å²) in [5, 5.41) is 17.7. The van der Waals surface area contributed by atoms with E-state index in [-0.39, 0.29) is 30.3 Å². The fourth-order valence-corrected chi connectivity index (χ4v) is 4.91. The molecule has 3 N–H and O–H groups in total. The van der Waals surface area contributed by atoms with Crippen LogP contribution < -0.4 is 20.1 Å². The zero-order chi connectivity index (χ0) is 30.1. The maximum Gasteiger partial charge on any atom is 0.251 e. The molecule has 0 saturated heterocycles. The standard InChI is InChI=1S/C34H43N3O5/c1-23(38)22-42-30-17-26-16-29(19-30)41-13-6-5-8-24-9-7-10-25(14-24)15-31(37-33(26)40)32(39)21-35-20-28-18-27(11-12-36-28)34(2,3)4/h7,9-12,14,16-19,31-32,35,39H,5-6,8,13,15,20-22H2,1-4H3,(H,37,40)/t31-,32+/m0/s1. The third-order valence-electron chi connectivity index (χ3n) is 7.28. The number of hydrogen-bond donors (Lipinski definition) is 3. The van der Waals surface area contributed by atoms with E-state index in [1.807, 2.05) is 24.4 Å². The van der Waals surface area contributed by atoms with Gasteiger partial charge in [0.2, 0.25) is 0 Å². The number of aliphatic hydroxyl groups is 1. The van der Waals surface area contributed by atoms with Crippen LogP contribution in [-0.4, -0.2) is 53.7 Å². The molecule has 0 aliphatic carbocycles. The smallest absolute Gasteiger partial charge is 0.251 e. The number of hydrogen-bond acceptors (Lipinski definition) is 7. The number of aryl methyl sites for hydroxylation is 1. The summed E-state index contributed by atoms with van der Waals surface area (Å²) in [5.41, 5.74) is 4.69. The summed E-state index contributed by atoms with van der Waals surface area (Å²) < 4.78 is 11.6. The number of amides is 1. The van der Waals surface area contributed by atoms with Crippen LogP contribution in [-0.2, 0) is 29.6 Å². The van der Waals surface area contributed by atoms with Crippen molar-refractivity contribution in [2.24, 2.45) is 0 Å². The molecule has 8 nitrogen and oxygen atoms in total. The number of fused-ring (bicyclic) bond motifs is 4. The Bertz CT molecular complexity index is 1370. The number of Topliss-reactive ketones (excluding diaryl/α,β-unsaturated/α-hetero) is 1. The molecule has 0 spiro atoms. The van der Waals surface area contributed by atoms with Crippen molar-refractivity contribution in [1.29, 1.82) is 0 Å². The maximum atomic E-state index is 13.5. The van der Waals surface area contributed by atoms with E-state index in [1.165, 1.54) is 18.1 Å². The van der Waals surface area contributed by atoms with Gasteiger partial charge in [0.25, 0.3) is 5.91 Å². The molecule has 4 rings (SSSR count). The fourth-order valence-electron chi connectivity index (χ4n) is 4.91. The number of nitrogens with one attached hydrogen (secondary N) is 2. The highest BCUT2D eigenvalue weighted by molar-refractivity contribution is 5.95. The van der Waals surface area contributed by atoms with Crippen LogP contribution in [0, 0.1) is 0 Å². The minimum Gasteiger partial charge on any atom is -0.493 e. The van der Waals surface area contributed by atoms with Gasteiger partial charge >= 0.3 is 0 Å². The predicted molar refractivity (Wildman–Crippen MR) is 163 cm³/mol. The van der Waals surface area contributed by atoms with Crippen molar-refractivity contribution in [1.82, 2.24) is 15.6 Å². The summed E-state index contributed by atoms with van der Waals surface area (Å²) in [7, 11) is 0. The lowest BCUT2D eigenvalue weighted by atomic mass is 9.87. The van der Waals surface area contributed by atoms with Gasteiger partial charge in [-0.1, -0.05) is 45.0 Å². The first-order valence-electron chi connectivity index (χ1n) is 14.7. The number of nitrogens with zero attached hydrogens (tertiary/aromatic N) is 1. The molecule has 8 heteroatoms. The number of pyridine rings is 1. The van der Waals surface area contributed by atoms with Crippen LogP contribution in [0.5, 0.6) is 11.5 Å². The Morgan fingerprint density at radius 1 is 1.14 bits per heavy atom. The molecule has 1 aromatic heterocycles. The van der Waals surface area contributed by atoms with E-state index < -0.39 is 12.1 Å². The molecule has 4 bridgehead atoms. The van der Waals surface area contributed by atoms with Gasteiger partial charge in [-0.15, -0.1) is 0 Å². The Hall–Kier alpha value is -3.75. The van der Waals surface area contributed by atoms with Crippen LogP contribution in [0.4, 0.5) is 0 Å². The molecular formula is C34H43N3O5. The fraction of sp³-hybridized carbons (Fsp3) is 0.441. The number of ether oxygens (including phenoxy) is 2. The normalized spacial score (nSPS) is 16.8. The molecule has 42 heavy (non-hydrogen) atoms. The molecular weight excluding hydrogens is 530 g/mol. The second-order valence-corrected chi connectivity index (χ2v) is 12.1. The zero-order valence-corrected chi connectivity index (χ0v) is 25.1. The first-order chi connectivity index (χ1) is 20.1. The zero-order valence-electron chi connectivity index (χ0n) is 25.1. The van der Waals surface area contributed by atoms with Crippen molar-refractivity contribution in [2.45, 2.75) is 77.5 Å². The van der Waals surface area contributed by atoms with E-state index in [4.69, 9.17) is 9.47 Å². The summed E-state index contributed by atoms with van der Waals surface area (Å²) in [4.78, 5) is 29.5. The summed E-state index contributed by atoms with van der Waals surface area (Å²) in [6.45, 7) is 9.10. The monoisotopic (exact) mass is 573 g/mol. The van der Waals surface area contributed by atoms with Crippen LogP contribution in [0.1, 0.15) is 73.3 Å². The molecule has 224 valence electrons. The van der Waals surface area contributed by atoms with Crippen LogP contribution >= 0.6 is 0 Å². The quantitative estimate of drug-likeness (QED) is 0.363. The molecule has 1 aliphatic rings. The maximum absolute atomic E-state index is 13.5. The Labute approximate surface area is 248 Å². The van der Waals surface area contributed by atoms with E-state index in [0.29, 0.717) is 36.6 Å². The lowest BCUT2D eigenvalue weighted by Gasteiger charge is -2.25. The van der Waals surface area contributed by atoms with Gasteiger partial charge in [-0.05, 0) is 79.0 Å². The van der Waals surface area contributed by atoms with Crippen LogP contribution in [0.2, 0.25) is 0 Å². The van der Waals surface area contributed by atoms with Crippen molar-refractivity contribution in [3.63, 3.8) is 0 Å². The van der Waals surface area contributed by atoms with E-state index in [0.717, 1.165) is 30.5 Å². The van der Waals surface area contributed by atoms with E-state index in [1.54, 1.807) is 18.2 Å². The average molecular weight is 574 g/mol. The SMILES string of the molecule is CC(=O)COc1cc2cc(c1)C(=O)N[C@H]([C@H](O)CNCc1cc(C(C)(C)C)ccn1)Cc1cccc(c1)CCCCO2. The van der Waals surface area contributed by atoms with Gasteiger partial charge in [0.1, 0.15) is 18.1 Å². The topological polar surface area (TPSA) is 110 Å². The minimum absolute atomic E-state index is 0.0138. The predicted octanol–water partition coefficient (Wildman–Crippen LogP) is 4.55. The second kappa shape index (κ2) is 14.4. The van der Waals surface area contributed by atoms with Gasteiger partial charge in [0.15, 0.2) is 5.78 Å². The first-order valence-corrected chi connectivity index (χ1v) is 14.7. The molecule has 2 aromatic carbocycles. The summed E-state index contributed by atoms with van der Waals surface area (Å²) >= 11 is 0. The third-order valence-corrected chi connectivity index (χ3v) is 7.28. The van der Waals surface area contributed by atoms with E-state index >= 15 is 0 Å². The molecule has 1 amide bonds. The highest BCUT2D eigenvalue weighted by atomic mass is 16.5. The Morgan fingerprint density at radius 3 is 2.74 bits per heavy atom. The average Bonchev–Trinajstić information content (AvgIpc) is 2.95. The van der Waals surface area contributed by atoms with Crippen molar-refractivity contribution in [3.05, 3.63) is 88.7 Å². The van der Waals surface area contributed by atoms with Crippen LogP contribution in [0.15, 0.2) is 60.8 Å². The Kier molecular flexibility index (Phi) is 10.7.